The molecule has 6 heteroatoms. The molecule has 1 atom stereocenters. The average molecular weight is 247 g/mol. The second-order valence-electron chi connectivity index (χ2n) is 3.79. The molecule has 1 heterocycles. The van der Waals surface area contributed by atoms with E-state index in [1.54, 1.807) is 0 Å². The summed E-state index contributed by atoms with van der Waals surface area (Å²) in [6.07, 6.45) is 1.34. The van der Waals surface area contributed by atoms with Gasteiger partial charge in [0.2, 0.25) is 5.91 Å². The Morgan fingerprint density at radius 3 is 2.81 bits per heavy atom. The zero-order chi connectivity index (χ0) is 12.0. The lowest BCUT2D eigenvalue weighted by Gasteiger charge is -2.23. The van der Waals surface area contributed by atoms with Crippen molar-refractivity contribution in [2.75, 3.05) is 24.7 Å². The number of amides is 1. The van der Waals surface area contributed by atoms with Gasteiger partial charge in [0.15, 0.2) is 5.54 Å². The van der Waals surface area contributed by atoms with Crippen molar-refractivity contribution in [2.24, 2.45) is 0 Å². The molecule has 1 aliphatic heterocycles. The second-order valence-corrected chi connectivity index (χ2v) is 4.90. The van der Waals surface area contributed by atoms with E-state index >= 15 is 0 Å². The lowest BCUT2D eigenvalue weighted by atomic mass is 9.99. The number of carboxylic acids is 1. The SMILES string of the molecule is CCCSCC(=O)NC1(C(=O)O)CCOC1. The first-order chi connectivity index (χ1) is 7.60. The summed E-state index contributed by atoms with van der Waals surface area (Å²) in [6, 6.07) is 0. The maximum atomic E-state index is 11.5. The monoisotopic (exact) mass is 247 g/mol. The Morgan fingerprint density at radius 1 is 1.56 bits per heavy atom. The standard InChI is InChI=1S/C10H17NO4S/c1-2-5-16-6-8(12)11-10(9(13)14)3-4-15-7-10/h2-7H2,1H3,(H,11,12)(H,13,14). The van der Waals surface area contributed by atoms with Crippen LogP contribution >= 0.6 is 11.8 Å². The van der Waals surface area contributed by atoms with Gasteiger partial charge >= 0.3 is 5.97 Å². The minimum atomic E-state index is -1.20. The van der Waals surface area contributed by atoms with Crippen LogP contribution < -0.4 is 5.32 Å². The summed E-state index contributed by atoms with van der Waals surface area (Å²) >= 11 is 1.51. The average Bonchev–Trinajstić information content (AvgIpc) is 2.68. The molecular formula is C10H17NO4S. The summed E-state index contributed by atoms with van der Waals surface area (Å²) < 4.78 is 5.05. The summed E-state index contributed by atoms with van der Waals surface area (Å²) in [5.74, 6) is -0.0301. The Bertz CT molecular complexity index is 264. The van der Waals surface area contributed by atoms with Gasteiger partial charge in [0.25, 0.3) is 0 Å². The van der Waals surface area contributed by atoms with Crippen molar-refractivity contribution < 1.29 is 19.4 Å². The number of thioether (sulfide) groups is 1. The van der Waals surface area contributed by atoms with Crippen LogP contribution in [0.1, 0.15) is 19.8 Å². The Kier molecular flexibility index (Phi) is 5.08. The minimum Gasteiger partial charge on any atom is -0.479 e. The van der Waals surface area contributed by atoms with Gasteiger partial charge in [-0.05, 0) is 12.2 Å². The number of nitrogens with one attached hydrogen (secondary N) is 1. The molecule has 0 bridgehead atoms. The molecule has 0 aliphatic carbocycles. The molecule has 0 saturated carbocycles. The van der Waals surface area contributed by atoms with Gasteiger partial charge in [-0.15, -0.1) is 0 Å². The molecule has 1 rings (SSSR count). The number of carboxylic acid groups (broad SMARTS) is 1. The highest BCUT2D eigenvalue weighted by Crippen LogP contribution is 2.19. The molecule has 0 aromatic carbocycles. The number of rotatable bonds is 6. The van der Waals surface area contributed by atoms with Crippen LogP contribution in [-0.4, -0.2) is 47.2 Å². The molecule has 1 aliphatic rings. The van der Waals surface area contributed by atoms with Crippen LogP contribution in [0, 0.1) is 0 Å². The summed E-state index contributed by atoms with van der Waals surface area (Å²) in [4.78, 5) is 22.6. The molecule has 1 amide bonds. The molecule has 0 aromatic rings. The second kappa shape index (κ2) is 6.10. The molecule has 0 spiro atoms. The third-order valence-electron chi connectivity index (χ3n) is 2.39. The van der Waals surface area contributed by atoms with Crippen LogP contribution in [0.15, 0.2) is 0 Å². The summed E-state index contributed by atoms with van der Waals surface area (Å²) in [7, 11) is 0. The molecule has 1 unspecified atom stereocenters. The number of aliphatic carboxylic acids is 1. The third-order valence-corrected chi connectivity index (χ3v) is 3.55. The van der Waals surface area contributed by atoms with Crippen molar-refractivity contribution in [3.8, 4) is 0 Å². The molecule has 1 fully saturated rings. The zero-order valence-electron chi connectivity index (χ0n) is 9.32. The largest absolute Gasteiger partial charge is 0.479 e. The van der Waals surface area contributed by atoms with Gasteiger partial charge in [0.05, 0.1) is 12.4 Å². The molecule has 92 valence electrons. The smallest absolute Gasteiger partial charge is 0.331 e. The van der Waals surface area contributed by atoms with E-state index < -0.39 is 11.5 Å². The highest BCUT2D eigenvalue weighted by atomic mass is 32.2. The van der Waals surface area contributed by atoms with Crippen molar-refractivity contribution in [3.63, 3.8) is 0 Å². The van der Waals surface area contributed by atoms with E-state index in [4.69, 9.17) is 9.84 Å². The fourth-order valence-electron chi connectivity index (χ4n) is 1.50. The van der Waals surface area contributed by atoms with Gasteiger partial charge in [-0.1, -0.05) is 6.92 Å². The van der Waals surface area contributed by atoms with Gasteiger partial charge in [-0.3, -0.25) is 4.79 Å². The van der Waals surface area contributed by atoms with Crippen LogP contribution in [0.4, 0.5) is 0 Å². The summed E-state index contributed by atoms with van der Waals surface area (Å²) in [5, 5.41) is 11.6. The highest BCUT2D eigenvalue weighted by molar-refractivity contribution is 7.99. The Hall–Kier alpha value is -0.750. The third kappa shape index (κ3) is 3.38. The predicted octanol–water partition coefficient (Wildman–Crippen LogP) is 0.489. The maximum absolute atomic E-state index is 11.5. The highest BCUT2D eigenvalue weighted by Gasteiger charge is 2.43. The molecular weight excluding hydrogens is 230 g/mol. The van der Waals surface area contributed by atoms with Gasteiger partial charge in [0, 0.05) is 13.0 Å². The van der Waals surface area contributed by atoms with E-state index in [2.05, 4.69) is 5.32 Å². The van der Waals surface area contributed by atoms with E-state index in [-0.39, 0.29) is 12.5 Å². The van der Waals surface area contributed by atoms with Crippen molar-refractivity contribution in [3.05, 3.63) is 0 Å². The van der Waals surface area contributed by atoms with Gasteiger partial charge in [0.1, 0.15) is 0 Å². The van der Waals surface area contributed by atoms with Gasteiger partial charge in [-0.25, -0.2) is 4.79 Å². The van der Waals surface area contributed by atoms with E-state index in [1.807, 2.05) is 6.92 Å². The lowest BCUT2D eigenvalue weighted by molar-refractivity contribution is -0.147. The number of hydrogen-bond acceptors (Lipinski definition) is 4. The van der Waals surface area contributed by atoms with Crippen LogP contribution in [0.3, 0.4) is 0 Å². The van der Waals surface area contributed by atoms with E-state index in [1.165, 1.54) is 11.8 Å². The quantitative estimate of drug-likeness (QED) is 0.668. The molecule has 0 radical (unpaired) electrons. The molecule has 2 N–H and O–H groups in total. The maximum Gasteiger partial charge on any atom is 0.331 e. The van der Waals surface area contributed by atoms with Crippen molar-refractivity contribution in [1.82, 2.24) is 5.32 Å². The lowest BCUT2D eigenvalue weighted by Crippen LogP contribution is -2.55. The Labute approximate surface area is 98.9 Å². The summed E-state index contributed by atoms with van der Waals surface area (Å²) in [6.45, 7) is 2.48. The number of carbonyl (C=O) groups is 2. The Balaban J connectivity index is 2.43. The minimum absolute atomic E-state index is 0.0620. The number of hydrogen-bond donors (Lipinski definition) is 2. The van der Waals surface area contributed by atoms with Gasteiger partial charge in [-0.2, -0.15) is 11.8 Å². The van der Waals surface area contributed by atoms with Crippen LogP contribution in [0.25, 0.3) is 0 Å². The number of carbonyl (C=O) groups excluding carboxylic acids is 1. The first-order valence-corrected chi connectivity index (χ1v) is 6.46. The van der Waals surface area contributed by atoms with Gasteiger partial charge < -0.3 is 15.2 Å². The van der Waals surface area contributed by atoms with E-state index in [9.17, 15) is 9.59 Å². The van der Waals surface area contributed by atoms with Crippen LogP contribution in [-0.2, 0) is 14.3 Å². The Morgan fingerprint density at radius 2 is 2.31 bits per heavy atom. The van der Waals surface area contributed by atoms with E-state index in [0.717, 1.165) is 12.2 Å². The first-order valence-electron chi connectivity index (χ1n) is 5.30. The van der Waals surface area contributed by atoms with Crippen molar-refractivity contribution in [1.29, 1.82) is 0 Å². The van der Waals surface area contributed by atoms with E-state index in [0.29, 0.717) is 18.8 Å². The fraction of sp³-hybridized carbons (Fsp3) is 0.800. The normalized spacial score (nSPS) is 24.3. The molecule has 5 nitrogen and oxygen atoms in total. The molecule has 1 saturated heterocycles. The van der Waals surface area contributed by atoms with Crippen molar-refractivity contribution >= 4 is 23.6 Å². The molecule has 0 aromatic heterocycles. The summed E-state index contributed by atoms with van der Waals surface area (Å²) in [5.41, 5.74) is -1.20. The molecule has 16 heavy (non-hydrogen) atoms. The van der Waals surface area contributed by atoms with Crippen LogP contribution in [0.2, 0.25) is 0 Å². The van der Waals surface area contributed by atoms with Crippen molar-refractivity contribution in [2.45, 2.75) is 25.3 Å². The number of ether oxygens (including phenoxy) is 1. The predicted molar refractivity (Wildman–Crippen MR) is 61.6 cm³/mol. The topological polar surface area (TPSA) is 75.6 Å². The van der Waals surface area contributed by atoms with Crippen LogP contribution in [0.5, 0.6) is 0 Å². The zero-order valence-corrected chi connectivity index (χ0v) is 10.1. The fourth-order valence-corrected chi connectivity index (χ4v) is 2.19. The first kappa shape index (κ1) is 13.3.